The Morgan fingerprint density at radius 3 is 2.21 bits per heavy atom. The van der Waals surface area contributed by atoms with Gasteiger partial charge in [-0.2, -0.15) is 0 Å². The van der Waals surface area contributed by atoms with E-state index in [1.807, 2.05) is 12.1 Å². The van der Waals surface area contributed by atoms with E-state index in [2.05, 4.69) is 22.8 Å². The molecule has 0 spiro atoms. The molecule has 1 amide bonds. The summed E-state index contributed by atoms with van der Waals surface area (Å²) in [6, 6.07) is 19.7. The molecule has 0 radical (unpaired) electrons. The SMILES string of the molecule is O=C(O)CCNC(=O)c1ccc(CN(/C(=C\[N+](=O)[O-])Nc2cc(Cl)cc(Cl)c2)c2ccc(C3CCCCC3)cc2)cc1. The Balaban J connectivity index is 1.63. The Morgan fingerprint density at radius 1 is 0.976 bits per heavy atom. The second kappa shape index (κ2) is 14.7. The number of nitrogens with one attached hydrogen (secondary N) is 2. The number of aliphatic carboxylic acids is 1. The number of carboxylic acids is 1. The maximum absolute atomic E-state index is 12.4. The largest absolute Gasteiger partial charge is 0.481 e. The Hall–Kier alpha value is -4.08. The van der Waals surface area contributed by atoms with Crippen LogP contribution in [-0.4, -0.2) is 28.5 Å². The van der Waals surface area contributed by atoms with Crippen LogP contribution in [0, 0.1) is 10.1 Å². The maximum Gasteiger partial charge on any atom is 0.305 e. The third-order valence-corrected chi connectivity index (χ3v) is 7.55. The first kappa shape index (κ1) is 30.9. The summed E-state index contributed by atoms with van der Waals surface area (Å²) in [4.78, 5) is 36.1. The monoisotopic (exact) mass is 610 g/mol. The van der Waals surface area contributed by atoms with E-state index in [0.29, 0.717) is 27.2 Å². The molecule has 11 heteroatoms. The lowest BCUT2D eigenvalue weighted by Gasteiger charge is -2.28. The standard InChI is InChI=1S/C31H32Cl2N4O5/c32-25-16-26(33)18-27(17-25)35-29(20-37(41)42)36(28-12-10-23(11-13-28)22-4-2-1-3-5-22)19-21-6-8-24(9-7-21)31(40)34-15-14-30(38)39/h6-13,16-18,20,22,35H,1-5,14-15,19H2,(H,34,40)(H,38,39)/b29-20-. The van der Waals surface area contributed by atoms with Gasteiger partial charge >= 0.3 is 5.97 Å². The average Bonchev–Trinajstić information content (AvgIpc) is 2.95. The summed E-state index contributed by atoms with van der Waals surface area (Å²) < 4.78 is 0. The molecule has 0 bridgehead atoms. The van der Waals surface area contributed by atoms with Crippen LogP contribution in [0.5, 0.6) is 0 Å². The van der Waals surface area contributed by atoms with Crippen LogP contribution in [0.3, 0.4) is 0 Å². The normalized spacial score (nSPS) is 13.8. The summed E-state index contributed by atoms with van der Waals surface area (Å²) in [5.41, 5.74) is 3.64. The number of nitrogens with zero attached hydrogens (tertiary/aromatic N) is 2. The molecule has 220 valence electrons. The molecule has 4 rings (SSSR count). The lowest BCUT2D eigenvalue weighted by Crippen LogP contribution is -2.28. The Bertz CT molecular complexity index is 1420. The zero-order valence-corrected chi connectivity index (χ0v) is 24.4. The first-order valence-electron chi connectivity index (χ1n) is 13.7. The fourth-order valence-electron chi connectivity index (χ4n) is 5.05. The van der Waals surface area contributed by atoms with E-state index in [9.17, 15) is 19.7 Å². The van der Waals surface area contributed by atoms with E-state index in [0.717, 1.165) is 30.3 Å². The Labute approximate surface area is 254 Å². The summed E-state index contributed by atoms with van der Waals surface area (Å²) >= 11 is 12.4. The van der Waals surface area contributed by atoms with E-state index >= 15 is 0 Å². The molecule has 3 N–H and O–H groups in total. The number of carbonyl (C=O) groups is 2. The minimum Gasteiger partial charge on any atom is -0.481 e. The van der Waals surface area contributed by atoms with Crippen molar-refractivity contribution in [3.8, 4) is 0 Å². The fraction of sp³-hybridized carbons (Fsp3) is 0.290. The summed E-state index contributed by atoms with van der Waals surface area (Å²) in [6.07, 6.45) is 6.73. The van der Waals surface area contributed by atoms with Gasteiger partial charge < -0.3 is 20.6 Å². The molecule has 0 aromatic heterocycles. The maximum atomic E-state index is 12.4. The van der Waals surface area contributed by atoms with Gasteiger partial charge in [-0.25, -0.2) is 0 Å². The molecule has 1 saturated carbocycles. The lowest BCUT2D eigenvalue weighted by atomic mass is 9.84. The average molecular weight is 612 g/mol. The number of nitro groups is 1. The Morgan fingerprint density at radius 2 is 1.62 bits per heavy atom. The highest BCUT2D eigenvalue weighted by Crippen LogP contribution is 2.34. The highest BCUT2D eigenvalue weighted by atomic mass is 35.5. The number of carboxylic acid groups (broad SMARTS) is 1. The molecule has 0 aliphatic heterocycles. The van der Waals surface area contributed by atoms with Crippen molar-refractivity contribution in [2.24, 2.45) is 0 Å². The smallest absolute Gasteiger partial charge is 0.305 e. The molecule has 1 aliphatic carbocycles. The van der Waals surface area contributed by atoms with E-state index in [4.69, 9.17) is 28.3 Å². The van der Waals surface area contributed by atoms with E-state index in [1.54, 1.807) is 47.4 Å². The van der Waals surface area contributed by atoms with Gasteiger partial charge in [-0.3, -0.25) is 19.7 Å². The predicted octanol–water partition coefficient (Wildman–Crippen LogP) is 7.44. The van der Waals surface area contributed by atoms with Crippen molar-refractivity contribution < 1.29 is 19.6 Å². The van der Waals surface area contributed by atoms with Crippen LogP contribution < -0.4 is 15.5 Å². The molecule has 9 nitrogen and oxygen atoms in total. The first-order valence-corrected chi connectivity index (χ1v) is 14.5. The zero-order chi connectivity index (χ0) is 30.1. The van der Waals surface area contributed by atoms with Crippen molar-refractivity contribution >= 4 is 46.5 Å². The number of hydrogen-bond acceptors (Lipinski definition) is 6. The first-order chi connectivity index (χ1) is 20.2. The number of amides is 1. The van der Waals surface area contributed by atoms with Crippen LogP contribution in [0.2, 0.25) is 10.0 Å². The number of halogens is 2. The van der Waals surface area contributed by atoms with Crippen LogP contribution in [-0.2, 0) is 11.3 Å². The van der Waals surface area contributed by atoms with Crippen LogP contribution >= 0.6 is 23.2 Å². The predicted molar refractivity (Wildman–Crippen MR) is 165 cm³/mol. The number of hydrogen-bond donors (Lipinski definition) is 3. The molecule has 0 unspecified atom stereocenters. The van der Waals surface area contributed by atoms with Gasteiger partial charge in [0.05, 0.1) is 11.3 Å². The summed E-state index contributed by atoms with van der Waals surface area (Å²) in [6.45, 7) is 0.263. The van der Waals surface area contributed by atoms with Crippen LogP contribution in [0.1, 0.15) is 65.9 Å². The molecular weight excluding hydrogens is 579 g/mol. The van der Waals surface area contributed by atoms with Crippen molar-refractivity contribution in [1.29, 1.82) is 0 Å². The van der Waals surface area contributed by atoms with Crippen molar-refractivity contribution in [2.75, 3.05) is 16.8 Å². The molecule has 3 aromatic carbocycles. The number of carbonyl (C=O) groups excluding carboxylic acids is 1. The van der Waals surface area contributed by atoms with Crippen molar-refractivity contribution in [1.82, 2.24) is 5.32 Å². The Kier molecular flexibility index (Phi) is 10.8. The summed E-state index contributed by atoms with van der Waals surface area (Å²) in [5, 5.41) is 27.0. The van der Waals surface area contributed by atoms with Crippen molar-refractivity contribution in [2.45, 2.75) is 51.0 Å². The number of rotatable bonds is 12. The molecule has 3 aromatic rings. The minimum absolute atomic E-state index is 0.0226. The van der Waals surface area contributed by atoms with Gasteiger partial charge in [0.2, 0.25) is 0 Å². The van der Waals surface area contributed by atoms with E-state index in [-0.39, 0.29) is 31.2 Å². The van der Waals surface area contributed by atoms with Gasteiger partial charge in [-0.1, -0.05) is 66.7 Å². The van der Waals surface area contributed by atoms with Crippen molar-refractivity contribution in [3.63, 3.8) is 0 Å². The molecule has 0 atom stereocenters. The lowest BCUT2D eigenvalue weighted by molar-refractivity contribution is -0.403. The van der Waals surface area contributed by atoms with E-state index < -0.39 is 10.9 Å². The van der Waals surface area contributed by atoms with Gasteiger partial charge in [-0.05, 0) is 72.4 Å². The van der Waals surface area contributed by atoms with Gasteiger partial charge in [0.15, 0.2) is 5.82 Å². The van der Waals surface area contributed by atoms with Gasteiger partial charge in [-0.15, -0.1) is 0 Å². The van der Waals surface area contributed by atoms with Gasteiger partial charge in [0, 0.05) is 40.1 Å². The zero-order valence-electron chi connectivity index (χ0n) is 22.9. The second-order valence-electron chi connectivity index (χ2n) is 10.2. The molecule has 1 aliphatic rings. The summed E-state index contributed by atoms with van der Waals surface area (Å²) in [5.74, 6) is -0.675. The highest BCUT2D eigenvalue weighted by Gasteiger charge is 2.20. The second-order valence-corrected chi connectivity index (χ2v) is 11.1. The molecular formula is C31H32Cl2N4O5. The highest BCUT2D eigenvalue weighted by molar-refractivity contribution is 6.35. The third-order valence-electron chi connectivity index (χ3n) is 7.12. The van der Waals surface area contributed by atoms with Crippen LogP contribution in [0.15, 0.2) is 78.8 Å². The van der Waals surface area contributed by atoms with Gasteiger partial charge in [0.1, 0.15) is 0 Å². The molecule has 42 heavy (non-hydrogen) atoms. The van der Waals surface area contributed by atoms with Crippen LogP contribution in [0.25, 0.3) is 0 Å². The number of benzene rings is 3. The number of anilines is 2. The summed E-state index contributed by atoms with van der Waals surface area (Å²) in [7, 11) is 0. The fourth-order valence-corrected chi connectivity index (χ4v) is 5.58. The quantitative estimate of drug-likeness (QED) is 0.144. The third kappa shape index (κ3) is 8.96. The van der Waals surface area contributed by atoms with Crippen molar-refractivity contribution in [3.05, 3.63) is 116 Å². The van der Waals surface area contributed by atoms with E-state index in [1.165, 1.54) is 24.8 Å². The van der Waals surface area contributed by atoms with Crippen LogP contribution in [0.4, 0.5) is 11.4 Å². The molecule has 1 fully saturated rings. The minimum atomic E-state index is -0.996. The molecule has 0 heterocycles. The van der Waals surface area contributed by atoms with Gasteiger partial charge in [0.25, 0.3) is 12.1 Å². The topological polar surface area (TPSA) is 125 Å². The molecule has 0 saturated heterocycles.